The molecule has 0 aliphatic heterocycles. The molecule has 5 heteroatoms. The van der Waals surface area contributed by atoms with Crippen molar-refractivity contribution in [1.29, 1.82) is 0 Å². The van der Waals surface area contributed by atoms with E-state index < -0.39 is 0 Å². The van der Waals surface area contributed by atoms with Gasteiger partial charge in [0.2, 0.25) is 0 Å². The summed E-state index contributed by atoms with van der Waals surface area (Å²) in [5.74, 6) is 1.12. The van der Waals surface area contributed by atoms with Crippen molar-refractivity contribution in [2.45, 2.75) is 0 Å². The first-order chi connectivity index (χ1) is 8.58. The Morgan fingerprint density at radius 1 is 1.06 bits per heavy atom. The number of carbonyl (C=O) groups is 1. The third-order valence-electron chi connectivity index (χ3n) is 2.16. The second kappa shape index (κ2) is 5.74. The van der Waals surface area contributed by atoms with E-state index in [0.717, 1.165) is 6.29 Å². The van der Waals surface area contributed by atoms with Crippen LogP contribution in [0.2, 0.25) is 10.0 Å². The Morgan fingerprint density at radius 2 is 1.72 bits per heavy atom. The van der Waals surface area contributed by atoms with Crippen molar-refractivity contribution in [3.8, 4) is 11.5 Å². The Bertz CT molecular complexity index is 579. The highest BCUT2D eigenvalue weighted by atomic mass is 79.9. The zero-order chi connectivity index (χ0) is 13.1. The fourth-order valence-electron chi connectivity index (χ4n) is 1.39. The molecule has 0 spiro atoms. The van der Waals surface area contributed by atoms with Gasteiger partial charge in [0.25, 0.3) is 0 Å². The first-order valence-electron chi connectivity index (χ1n) is 4.97. The maximum atomic E-state index is 10.6. The lowest BCUT2D eigenvalue weighted by Gasteiger charge is -2.08. The number of carbonyl (C=O) groups excluding carboxylic acids is 1. The summed E-state index contributed by atoms with van der Waals surface area (Å²) in [5, 5.41) is 0.997. The summed E-state index contributed by atoms with van der Waals surface area (Å²) < 4.78 is 6.32. The molecule has 2 nitrogen and oxygen atoms in total. The molecule has 2 rings (SSSR count). The fourth-order valence-corrected chi connectivity index (χ4v) is 2.37. The monoisotopic (exact) mass is 344 g/mol. The Hall–Kier alpha value is -1.03. The van der Waals surface area contributed by atoms with Gasteiger partial charge in [-0.3, -0.25) is 4.79 Å². The molecule has 0 aromatic heterocycles. The summed E-state index contributed by atoms with van der Waals surface area (Å²) in [6.45, 7) is 0. The summed E-state index contributed by atoms with van der Waals surface area (Å²) >= 11 is 15.1. The molecule has 0 heterocycles. The molecule has 0 N–H and O–H groups in total. The summed E-state index contributed by atoms with van der Waals surface area (Å²) in [5.41, 5.74) is 0.568. The topological polar surface area (TPSA) is 26.3 Å². The molecule has 2 aromatic carbocycles. The van der Waals surface area contributed by atoms with Gasteiger partial charge in [-0.1, -0.05) is 23.2 Å². The van der Waals surface area contributed by atoms with Gasteiger partial charge < -0.3 is 4.74 Å². The minimum Gasteiger partial charge on any atom is -0.456 e. The first kappa shape index (κ1) is 13.4. The highest BCUT2D eigenvalue weighted by Gasteiger charge is 2.05. The Labute approximate surface area is 123 Å². The Balaban J connectivity index is 2.31. The maximum Gasteiger partial charge on any atom is 0.150 e. The molecular weight excluding hydrogens is 339 g/mol. The number of hydrogen-bond donors (Lipinski definition) is 0. The van der Waals surface area contributed by atoms with E-state index in [2.05, 4.69) is 15.9 Å². The van der Waals surface area contributed by atoms with Gasteiger partial charge in [-0.05, 0) is 52.3 Å². The van der Waals surface area contributed by atoms with Crippen LogP contribution in [0.3, 0.4) is 0 Å². The van der Waals surface area contributed by atoms with Gasteiger partial charge >= 0.3 is 0 Å². The van der Waals surface area contributed by atoms with Crippen LogP contribution in [-0.4, -0.2) is 6.29 Å². The third-order valence-corrected chi connectivity index (χ3v) is 3.21. The van der Waals surface area contributed by atoms with Crippen LogP contribution in [-0.2, 0) is 0 Å². The van der Waals surface area contributed by atoms with Crippen molar-refractivity contribution in [1.82, 2.24) is 0 Å². The summed E-state index contributed by atoms with van der Waals surface area (Å²) in [7, 11) is 0. The smallest absolute Gasteiger partial charge is 0.150 e. The molecule has 0 saturated carbocycles. The van der Waals surface area contributed by atoms with Crippen molar-refractivity contribution in [2.24, 2.45) is 0 Å². The summed E-state index contributed by atoms with van der Waals surface area (Å²) in [6.07, 6.45) is 0.769. The average molecular weight is 346 g/mol. The van der Waals surface area contributed by atoms with E-state index in [0.29, 0.717) is 31.6 Å². The van der Waals surface area contributed by atoms with Crippen LogP contribution in [0.5, 0.6) is 11.5 Å². The number of ether oxygens (including phenoxy) is 1. The van der Waals surface area contributed by atoms with E-state index in [4.69, 9.17) is 27.9 Å². The molecule has 0 bridgehead atoms. The minimum absolute atomic E-state index is 0.498. The number of hydrogen-bond acceptors (Lipinski definition) is 2. The molecule has 0 unspecified atom stereocenters. The van der Waals surface area contributed by atoms with Crippen LogP contribution in [0.25, 0.3) is 0 Å². The van der Waals surface area contributed by atoms with E-state index >= 15 is 0 Å². The average Bonchev–Trinajstić information content (AvgIpc) is 2.30. The van der Waals surface area contributed by atoms with Gasteiger partial charge in [0.15, 0.2) is 0 Å². The molecule has 0 radical (unpaired) electrons. The van der Waals surface area contributed by atoms with Crippen LogP contribution >= 0.6 is 39.1 Å². The molecule has 0 fully saturated rings. The van der Waals surface area contributed by atoms with Crippen molar-refractivity contribution in [3.63, 3.8) is 0 Å². The molecule has 0 aliphatic carbocycles. The first-order valence-corrected chi connectivity index (χ1v) is 6.52. The predicted octanol–water partition coefficient (Wildman–Crippen LogP) is 5.36. The van der Waals surface area contributed by atoms with Crippen molar-refractivity contribution in [3.05, 3.63) is 56.5 Å². The van der Waals surface area contributed by atoms with E-state index in [1.165, 1.54) is 0 Å². The molecule has 0 aliphatic rings. The van der Waals surface area contributed by atoms with Gasteiger partial charge in [0.05, 0.1) is 4.47 Å². The molecule has 18 heavy (non-hydrogen) atoms. The van der Waals surface area contributed by atoms with Gasteiger partial charge in [-0.15, -0.1) is 0 Å². The van der Waals surface area contributed by atoms with E-state index in [1.54, 1.807) is 36.4 Å². The lowest BCUT2D eigenvalue weighted by atomic mass is 10.2. The molecule has 0 saturated heterocycles. The number of benzene rings is 2. The number of halogens is 3. The lowest BCUT2D eigenvalue weighted by Crippen LogP contribution is -1.87. The molecule has 92 valence electrons. The van der Waals surface area contributed by atoms with Gasteiger partial charge in [-0.2, -0.15) is 0 Å². The minimum atomic E-state index is 0.498. The van der Waals surface area contributed by atoms with Crippen molar-refractivity contribution >= 4 is 45.4 Å². The van der Waals surface area contributed by atoms with Crippen LogP contribution in [0, 0.1) is 0 Å². The van der Waals surface area contributed by atoms with E-state index in [9.17, 15) is 4.79 Å². The van der Waals surface area contributed by atoms with Crippen LogP contribution < -0.4 is 4.74 Å². The molecular formula is C13H7BrCl2O2. The highest BCUT2D eigenvalue weighted by Crippen LogP contribution is 2.32. The maximum absolute atomic E-state index is 10.6. The highest BCUT2D eigenvalue weighted by molar-refractivity contribution is 9.10. The molecule has 2 aromatic rings. The number of rotatable bonds is 3. The quantitative estimate of drug-likeness (QED) is 0.700. The number of aldehydes is 1. The van der Waals surface area contributed by atoms with E-state index in [-0.39, 0.29) is 0 Å². The van der Waals surface area contributed by atoms with Gasteiger partial charge in [0.1, 0.15) is 17.8 Å². The second-order valence-electron chi connectivity index (χ2n) is 3.51. The lowest BCUT2D eigenvalue weighted by molar-refractivity contribution is 0.112. The SMILES string of the molecule is O=Cc1ccc(Oc2cc(Cl)cc(Cl)c2)c(Br)c1. The fraction of sp³-hybridized carbons (Fsp3) is 0. The Morgan fingerprint density at radius 3 is 2.28 bits per heavy atom. The third kappa shape index (κ3) is 3.25. The summed E-state index contributed by atoms with van der Waals surface area (Å²) in [4.78, 5) is 10.6. The predicted molar refractivity (Wildman–Crippen MR) is 76.1 cm³/mol. The second-order valence-corrected chi connectivity index (χ2v) is 5.24. The molecule has 0 amide bonds. The Kier molecular flexibility index (Phi) is 4.27. The zero-order valence-corrected chi connectivity index (χ0v) is 12.1. The van der Waals surface area contributed by atoms with Crippen molar-refractivity contribution < 1.29 is 9.53 Å². The van der Waals surface area contributed by atoms with E-state index in [1.807, 2.05) is 0 Å². The summed E-state index contributed by atoms with van der Waals surface area (Å²) in [6, 6.07) is 9.98. The van der Waals surface area contributed by atoms with Crippen LogP contribution in [0.4, 0.5) is 0 Å². The standard InChI is InChI=1S/C13H7BrCl2O2/c14-12-3-8(7-17)1-2-13(12)18-11-5-9(15)4-10(16)6-11/h1-7H. The van der Waals surface area contributed by atoms with Gasteiger partial charge in [0, 0.05) is 15.6 Å². The zero-order valence-electron chi connectivity index (χ0n) is 8.99. The normalized spacial score (nSPS) is 10.2. The van der Waals surface area contributed by atoms with Crippen LogP contribution in [0.15, 0.2) is 40.9 Å². The van der Waals surface area contributed by atoms with Crippen LogP contribution in [0.1, 0.15) is 10.4 Å². The molecule has 0 atom stereocenters. The van der Waals surface area contributed by atoms with Gasteiger partial charge in [-0.25, -0.2) is 0 Å². The van der Waals surface area contributed by atoms with Crippen molar-refractivity contribution in [2.75, 3.05) is 0 Å². The largest absolute Gasteiger partial charge is 0.456 e.